The Kier molecular flexibility index (Phi) is 4.79. The highest BCUT2D eigenvalue weighted by Gasteiger charge is 2.27. The minimum Gasteiger partial charge on any atom is -0.481 e. The smallest absolute Gasteiger partial charge is 0.319 e. The molecule has 0 unspecified atom stereocenters. The summed E-state index contributed by atoms with van der Waals surface area (Å²) in [4.78, 5) is 22.5. The molecule has 3 N–H and O–H groups in total. The van der Waals surface area contributed by atoms with Crippen molar-refractivity contribution in [2.24, 2.45) is 5.92 Å². The van der Waals surface area contributed by atoms with Crippen molar-refractivity contribution in [3.05, 3.63) is 12.4 Å². The number of halogens is 1. The van der Waals surface area contributed by atoms with Crippen molar-refractivity contribution in [3.63, 3.8) is 0 Å². The third-order valence-electron chi connectivity index (χ3n) is 1.71. The summed E-state index contributed by atoms with van der Waals surface area (Å²) in [6, 6.07) is 0. The number of hydrogen-bond donors (Lipinski definition) is 3. The quantitative estimate of drug-likeness (QED) is 0.557. The molecule has 1 aliphatic heterocycles. The highest BCUT2D eigenvalue weighted by molar-refractivity contribution is 5.93. The third-order valence-corrected chi connectivity index (χ3v) is 1.71. The van der Waals surface area contributed by atoms with E-state index in [4.69, 9.17) is 10.2 Å². The minimum absolute atomic E-state index is 0. The highest BCUT2D eigenvalue weighted by atomic mass is 35.5. The van der Waals surface area contributed by atoms with Gasteiger partial charge in [0.2, 0.25) is 0 Å². The topological polar surface area (TPSA) is 89.9 Å². The zero-order valence-corrected chi connectivity index (χ0v) is 8.03. The van der Waals surface area contributed by atoms with Crippen LogP contribution in [-0.4, -0.2) is 40.3 Å². The molecule has 0 aromatic carbocycles. The number of aliphatic carboxylic acids is 2. The van der Waals surface area contributed by atoms with E-state index < -0.39 is 17.9 Å². The van der Waals surface area contributed by atoms with E-state index in [9.17, 15) is 9.59 Å². The van der Waals surface area contributed by atoms with Crippen molar-refractivity contribution in [2.75, 3.05) is 13.2 Å². The van der Waals surface area contributed by atoms with Gasteiger partial charge in [-0.3, -0.25) is 9.59 Å². The highest BCUT2D eigenvalue weighted by Crippen LogP contribution is 2.04. The molecule has 0 bridgehead atoms. The van der Waals surface area contributed by atoms with Crippen LogP contribution in [0, 0.1) is 5.92 Å². The molecule has 1 aliphatic rings. The fraction of sp³-hybridized carbons (Fsp3) is 0.429. The van der Waals surface area contributed by atoms with Gasteiger partial charge < -0.3 is 20.4 Å². The second kappa shape index (κ2) is 5.33. The van der Waals surface area contributed by atoms with E-state index in [1.54, 1.807) is 17.3 Å². The number of carboxylic acids is 2. The number of hydrogen-bond acceptors (Lipinski definition) is 4. The Labute approximate surface area is 86.6 Å². The van der Waals surface area contributed by atoms with Crippen LogP contribution >= 0.6 is 12.4 Å². The van der Waals surface area contributed by atoms with E-state index in [1.807, 2.05) is 0 Å². The molecule has 0 aromatic rings. The number of carbonyl (C=O) groups is 2. The van der Waals surface area contributed by atoms with E-state index in [0.717, 1.165) is 0 Å². The van der Waals surface area contributed by atoms with Crippen molar-refractivity contribution in [1.82, 2.24) is 10.2 Å². The largest absolute Gasteiger partial charge is 0.481 e. The zero-order chi connectivity index (χ0) is 9.84. The maximum absolute atomic E-state index is 10.5. The van der Waals surface area contributed by atoms with Crippen LogP contribution in [0.2, 0.25) is 0 Å². The Morgan fingerprint density at radius 2 is 2.00 bits per heavy atom. The molecular weight excluding hydrogens is 212 g/mol. The van der Waals surface area contributed by atoms with Gasteiger partial charge in [-0.2, -0.15) is 0 Å². The lowest BCUT2D eigenvalue weighted by Gasteiger charge is -2.17. The molecule has 0 spiro atoms. The Bertz CT molecular complexity index is 242. The molecule has 0 aromatic heterocycles. The van der Waals surface area contributed by atoms with Gasteiger partial charge in [-0.25, -0.2) is 0 Å². The van der Waals surface area contributed by atoms with E-state index in [0.29, 0.717) is 6.67 Å². The zero-order valence-electron chi connectivity index (χ0n) is 7.21. The molecule has 1 heterocycles. The first-order valence-electron chi connectivity index (χ1n) is 3.71. The lowest BCUT2D eigenvalue weighted by Crippen LogP contribution is -2.35. The van der Waals surface area contributed by atoms with Crippen LogP contribution in [0.4, 0.5) is 0 Å². The molecule has 7 heteroatoms. The molecular formula is C7H11ClN2O4. The van der Waals surface area contributed by atoms with Gasteiger partial charge in [-0.05, 0) is 0 Å². The number of nitrogens with one attached hydrogen (secondary N) is 1. The normalized spacial score (nSPS) is 13.6. The molecule has 0 fully saturated rings. The third kappa shape index (κ3) is 3.14. The van der Waals surface area contributed by atoms with Crippen LogP contribution in [-0.2, 0) is 9.59 Å². The molecule has 6 nitrogen and oxygen atoms in total. The predicted molar refractivity (Wildman–Crippen MR) is 49.9 cm³/mol. The van der Waals surface area contributed by atoms with Crippen LogP contribution in [0.25, 0.3) is 0 Å². The van der Waals surface area contributed by atoms with Gasteiger partial charge in [0, 0.05) is 18.9 Å². The molecule has 0 amide bonds. The van der Waals surface area contributed by atoms with Crippen LogP contribution in [0.3, 0.4) is 0 Å². The van der Waals surface area contributed by atoms with E-state index >= 15 is 0 Å². The van der Waals surface area contributed by atoms with Gasteiger partial charge in [0.15, 0.2) is 5.92 Å². The molecule has 0 atom stereocenters. The van der Waals surface area contributed by atoms with E-state index in [1.165, 1.54) is 0 Å². The van der Waals surface area contributed by atoms with Crippen LogP contribution in [0.1, 0.15) is 0 Å². The Morgan fingerprint density at radius 1 is 1.43 bits per heavy atom. The van der Waals surface area contributed by atoms with E-state index in [-0.39, 0.29) is 19.0 Å². The molecule has 80 valence electrons. The van der Waals surface area contributed by atoms with Crippen LogP contribution in [0.15, 0.2) is 12.4 Å². The van der Waals surface area contributed by atoms with Crippen molar-refractivity contribution in [3.8, 4) is 0 Å². The summed E-state index contributed by atoms with van der Waals surface area (Å²) in [7, 11) is 0. The van der Waals surface area contributed by atoms with Crippen molar-refractivity contribution in [1.29, 1.82) is 0 Å². The fourth-order valence-corrected chi connectivity index (χ4v) is 1.00. The molecule has 0 saturated heterocycles. The lowest BCUT2D eigenvalue weighted by molar-refractivity contribution is -0.155. The number of nitrogens with zero attached hydrogens (tertiary/aromatic N) is 1. The van der Waals surface area contributed by atoms with Crippen molar-refractivity contribution >= 4 is 24.3 Å². The maximum atomic E-state index is 10.5. The van der Waals surface area contributed by atoms with Gasteiger partial charge in [0.25, 0.3) is 0 Å². The summed E-state index contributed by atoms with van der Waals surface area (Å²) < 4.78 is 0. The first-order chi connectivity index (χ1) is 6.11. The summed E-state index contributed by atoms with van der Waals surface area (Å²) >= 11 is 0. The van der Waals surface area contributed by atoms with E-state index in [2.05, 4.69) is 5.32 Å². The summed E-state index contributed by atoms with van der Waals surface area (Å²) in [6.07, 6.45) is 3.26. The molecule has 1 rings (SSSR count). The molecule has 0 saturated carbocycles. The lowest BCUT2D eigenvalue weighted by atomic mass is 10.1. The SMILES string of the molecule is Cl.O=C(O)C(CN1C=CNC1)C(=O)O. The first kappa shape index (κ1) is 12.6. The first-order valence-corrected chi connectivity index (χ1v) is 3.71. The summed E-state index contributed by atoms with van der Waals surface area (Å²) in [5.74, 6) is -4.00. The van der Waals surface area contributed by atoms with Crippen molar-refractivity contribution in [2.45, 2.75) is 0 Å². The Hall–Kier alpha value is -1.43. The molecule has 0 aliphatic carbocycles. The second-order valence-corrected chi connectivity index (χ2v) is 2.68. The minimum atomic E-state index is -1.37. The monoisotopic (exact) mass is 222 g/mol. The van der Waals surface area contributed by atoms with Gasteiger partial charge >= 0.3 is 11.9 Å². The summed E-state index contributed by atoms with van der Waals surface area (Å²) in [5, 5.41) is 19.9. The summed E-state index contributed by atoms with van der Waals surface area (Å²) in [5.41, 5.74) is 0. The van der Waals surface area contributed by atoms with Crippen LogP contribution < -0.4 is 5.32 Å². The maximum Gasteiger partial charge on any atom is 0.319 e. The average Bonchev–Trinajstić information content (AvgIpc) is 2.50. The Morgan fingerprint density at radius 3 is 2.36 bits per heavy atom. The van der Waals surface area contributed by atoms with Gasteiger partial charge in [0.05, 0.1) is 6.67 Å². The number of carboxylic acid groups (broad SMARTS) is 2. The van der Waals surface area contributed by atoms with Crippen LogP contribution in [0.5, 0.6) is 0 Å². The van der Waals surface area contributed by atoms with Crippen molar-refractivity contribution < 1.29 is 19.8 Å². The van der Waals surface area contributed by atoms with Gasteiger partial charge in [-0.1, -0.05) is 0 Å². The predicted octanol–water partition coefficient (Wildman–Crippen LogP) is -0.472. The standard InChI is InChI=1S/C7H10N2O4.ClH/c10-6(11)5(7(12)13)3-9-2-1-8-4-9;/h1-2,5,8H,3-4H2,(H,10,11)(H,12,13);1H. The fourth-order valence-electron chi connectivity index (χ4n) is 1.00. The average molecular weight is 223 g/mol. The Balaban J connectivity index is 0.00000169. The summed E-state index contributed by atoms with van der Waals surface area (Å²) in [6.45, 7) is 0.436. The van der Waals surface area contributed by atoms with Gasteiger partial charge in [-0.15, -0.1) is 12.4 Å². The number of rotatable bonds is 4. The second-order valence-electron chi connectivity index (χ2n) is 2.68. The van der Waals surface area contributed by atoms with Gasteiger partial charge in [0.1, 0.15) is 0 Å². The molecule has 0 radical (unpaired) electrons. The molecule has 14 heavy (non-hydrogen) atoms.